The maximum absolute atomic E-state index is 11.4. The number of fused-ring (bicyclic) bond motifs is 1. The number of carbonyl (C=O) groups is 1. The Kier molecular flexibility index (Phi) is 2.81. The van der Waals surface area contributed by atoms with Crippen LogP contribution >= 0.6 is 23.1 Å². The van der Waals surface area contributed by atoms with Gasteiger partial charge >= 0.3 is 0 Å². The van der Waals surface area contributed by atoms with E-state index in [1.165, 1.54) is 11.8 Å². The quantitative estimate of drug-likeness (QED) is 0.772. The lowest BCUT2D eigenvalue weighted by Gasteiger charge is -2.01. The minimum absolute atomic E-state index is 0.435. The van der Waals surface area contributed by atoms with Gasteiger partial charge in [0, 0.05) is 22.7 Å². The highest BCUT2D eigenvalue weighted by molar-refractivity contribution is 7.99. The molecule has 4 nitrogen and oxygen atoms in total. The molecule has 0 saturated heterocycles. The van der Waals surface area contributed by atoms with Crippen LogP contribution in [0, 0.1) is 0 Å². The summed E-state index contributed by atoms with van der Waals surface area (Å²) in [6, 6.07) is 5.80. The van der Waals surface area contributed by atoms with Gasteiger partial charge in [-0.2, -0.15) is 0 Å². The van der Waals surface area contributed by atoms with E-state index in [4.69, 9.17) is 5.73 Å². The van der Waals surface area contributed by atoms with Crippen LogP contribution in [-0.2, 0) is 0 Å². The Hall–Kier alpha value is -1.79. The third kappa shape index (κ3) is 1.89. The lowest BCUT2D eigenvalue weighted by atomic mass is 10.3. The summed E-state index contributed by atoms with van der Waals surface area (Å²) in [6.07, 6.45) is 3.45. The van der Waals surface area contributed by atoms with Crippen molar-refractivity contribution in [2.24, 2.45) is 5.73 Å². The number of amides is 1. The molecule has 3 rings (SSSR count). The van der Waals surface area contributed by atoms with E-state index in [0.29, 0.717) is 5.69 Å². The first kappa shape index (κ1) is 11.3. The Bertz CT molecular complexity index is 703. The zero-order valence-corrected chi connectivity index (χ0v) is 10.8. The van der Waals surface area contributed by atoms with E-state index < -0.39 is 5.91 Å². The second-order valence-electron chi connectivity index (χ2n) is 3.64. The predicted molar refractivity (Wildman–Crippen MR) is 73.1 cm³/mol. The van der Waals surface area contributed by atoms with E-state index in [2.05, 4.69) is 9.97 Å². The number of aromatic nitrogens is 2. The van der Waals surface area contributed by atoms with Gasteiger partial charge in [-0.3, -0.25) is 9.78 Å². The first-order chi connectivity index (χ1) is 8.75. The molecule has 3 aromatic heterocycles. The zero-order chi connectivity index (χ0) is 12.5. The molecule has 0 atom stereocenters. The van der Waals surface area contributed by atoms with E-state index in [1.807, 2.05) is 23.6 Å². The van der Waals surface area contributed by atoms with Gasteiger partial charge in [-0.05, 0) is 23.6 Å². The van der Waals surface area contributed by atoms with Crippen LogP contribution in [0.2, 0.25) is 0 Å². The summed E-state index contributed by atoms with van der Waals surface area (Å²) >= 11 is 3.08. The molecule has 0 aliphatic heterocycles. The fourth-order valence-corrected chi connectivity index (χ4v) is 3.58. The molecule has 3 heterocycles. The van der Waals surface area contributed by atoms with Crippen LogP contribution in [0.1, 0.15) is 10.5 Å². The van der Waals surface area contributed by atoms with Gasteiger partial charge in [0.2, 0.25) is 0 Å². The van der Waals surface area contributed by atoms with E-state index >= 15 is 0 Å². The normalized spacial score (nSPS) is 10.9. The van der Waals surface area contributed by atoms with Crippen LogP contribution in [0.25, 0.3) is 10.2 Å². The van der Waals surface area contributed by atoms with Crippen LogP contribution in [-0.4, -0.2) is 15.9 Å². The second kappa shape index (κ2) is 4.47. The third-order valence-electron chi connectivity index (χ3n) is 2.49. The van der Waals surface area contributed by atoms with Gasteiger partial charge < -0.3 is 10.7 Å². The summed E-state index contributed by atoms with van der Waals surface area (Å²) in [5.41, 5.74) is 5.87. The number of hydrogen-bond acceptors (Lipinski definition) is 4. The van der Waals surface area contributed by atoms with Gasteiger partial charge in [0.15, 0.2) is 0 Å². The molecule has 90 valence electrons. The number of nitrogens with one attached hydrogen (secondary N) is 1. The van der Waals surface area contributed by atoms with E-state index in [9.17, 15) is 4.79 Å². The van der Waals surface area contributed by atoms with Crippen molar-refractivity contribution >= 4 is 39.2 Å². The molecular weight excluding hydrogens is 266 g/mol. The van der Waals surface area contributed by atoms with Crippen LogP contribution < -0.4 is 5.73 Å². The monoisotopic (exact) mass is 275 g/mol. The number of pyridine rings is 1. The number of nitrogens with zero attached hydrogens (tertiary/aromatic N) is 1. The van der Waals surface area contributed by atoms with Crippen molar-refractivity contribution in [3.8, 4) is 0 Å². The van der Waals surface area contributed by atoms with Crippen molar-refractivity contribution in [3.05, 3.63) is 41.7 Å². The lowest BCUT2D eigenvalue weighted by molar-refractivity contribution is 0.0993. The number of H-pyrrole nitrogens is 1. The minimum atomic E-state index is -0.435. The molecule has 0 radical (unpaired) electrons. The summed E-state index contributed by atoms with van der Waals surface area (Å²) in [5, 5.41) is 3.03. The minimum Gasteiger partial charge on any atom is -0.364 e. The summed E-state index contributed by atoms with van der Waals surface area (Å²) in [4.78, 5) is 21.4. The fourth-order valence-electron chi connectivity index (χ4n) is 1.69. The highest BCUT2D eigenvalue weighted by atomic mass is 32.2. The third-order valence-corrected chi connectivity index (χ3v) is 4.46. The van der Waals surface area contributed by atoms with Gasteiger partial charge in [0.1, 0.15) is 10.5 Å². The number of carbonyl (C=O) groups excluding carboxylic acids is 1. The Morgan fingerprint density at radius 2 is 2.11 bits per heavy atom. The van der Waals surface area contributed by atoms with E-state index in [1.54, 1.807) is 23.7 Å². The van der Waals surface area contributed by atoms with Gasteiger partial charge in [-0.25, -0.2) is 0 Å². The molecule has 0 saturated carbocycles. The molecule has 6 heteroatoms. The summed E-state index contributed by atoms with van der Waals surface area (Å²) < 4.78 is 0. The second-order valence-corrected chi connectivity index (χ2v) is 5.64. The Labute approximate surface area is 111 Å². The molecule has 0 aromatic carbocycles. The predicted octanol–water partition coefficient (Wildman–Crippen LogP) is 2.87. The summed E-state index contributed by atoms with van der Waals surface area (Å²) in [5.74, 6) is -0.435. The maximum atomic E-state index is 11.4. The fraction of sp³-hybridized carbons (Fsp3) is 0. The Morgan fingerprint density at radius 3 is 2.83 bits per heavy atom. The Balaban J connectivity index is 2.11. The molecule has 0 bridgehead atoms. The van der Waals surface area contributed by atoms with Gasteiger partial charge in [0.05, 0.1) is 4.90 Å². The van der Waals surface area contributed by atoms with Crippen molar-refractivity contribution in [2.45, 2.75) is 9.79 Å². The van der Waals surface area contributed by atoms with Gasteiger partial charge in [-0.1, -0.05) is 11.8 Å². The molecule has 0 fully saturated rings. The van der Waals surface area contributed by atoms with Crippen molar-refractivity contribution in [1.82, 2.24) is 9.97 Å². The molecular formula is C12H9N3OS2. The number of rotatable bonds is 3. The number of nitrogens with two attached hydrogens (primary N) is 1. The van der Waals surface area contributed by atoms with Crippen molar-refractivity contribution in [1.29, 1.82) is 0 Å². The molecule has 0 aliphatic rings. The average Bonchev–Trinajstić information content (AvgIpc) is 2.93. The molecule has 1 amide bonds. The summed E-state index contributed by atoms with van der Waals surface area (Å²) in [7, 11) is 0. The topological polar surface area (TPSA) is 71.8 Å². The molecule has 0 spiro atoms. The molecule has 18 heavy (non-hydrogen) atoms. The molecule has 3 N–H and O–H groups in total. The lowest BCUT2D eigenvalue weighted by Crippen LogP contribution is -2.12. The number of aromatic amines is 1. The van der Waals surface area contributed by atoms with Crippen molar-refractivity contribution in [3.63, 3.8) is 0 Å². The highest BCUT2D eigenvalue weighted by Gasteiger charge is 2.17. The van der Waals surface area contributed by atoms with Crippen LogP contribution in [0.15, 0.2) is 45.8 Å². The number of primary amides is 1. The molecule has 0 unspecified atom stereocenters. The number of thiophene rings is 1. The zero-order valence-electron chi connectivity index (χ0n) is 9.21. The van der Waals surface area contributed by atoms with Crippen LogP contribution in [0.4, 0.5) is 0 Å². The van der Waals surface area contributed by atoms with Gasteiger partial charge in [0.25, 0.3) is 5.91 Å². The van der Waals surface area contributed by atoms with Crippen molar-refractivity contribution in [2.75, 3.05) is 0 Å². The van der Waals surface area contributed by atoms with Crippen LogP contribution in [0.3, 0.4) is 0 Å². The standard InChI is InChI=1S/C12H9N3OS2/c13-11(16)9-10(8-3-6-17-12(8)15-9)18-7-1-4-14-5-2-7/h1-6,15H,(H2,13,16). The van der Waals surface area contributed by atoms with E-state index in [-0.39, 0.29) is 0 Å². The van der Waals surface area contributed by atoms with Gasteiger partial charge in [-0.15, -0.1) is 11.3 Å². The van der Waals surface area contributed by atoms with Crippen molar-refractivity contribution < 1.29 is 4.79 Å². The summed E-state index contributed by atoms with van der Waals surface area (Å²) in [6.45, 7) is 0. The number of hydrogen-bond donors (Lipinski definition) is 2. The maximum Gasteiger partial charge on any atom is 0.266 e. The first-order valence-corrected chi connectivity index (χ1v) is 6.92. The largest absolute Gasteiger partial charge is 0.364 e. The van der Waals surface area contributed by atoms with E-state index in [0.717, 1.165) is 20.0 Å². The average molecular weight is 275 g/mol. The van der Waals surface area contributed by atoms with Crippen LogP contribution in [0.5, 0.6) is 0 Å². The Morgan fingerprint density at radius 1 is 1.33 bits per heavy atom. The molecule has 0 aliphatic carbocycles. The SMILES string of the molecule is NC(=O)c1[nH]c2sccc2c1Sc1ccncc1. The first-order valence-electron chi connectivity index (χ1n) is 5.22. The molecule has 3 aromatic rings. The smallest absolute Gasteiger partial charge is 0.266 e. The highest BCUT2D eigenvalue weighted by Crippen LogP contribution is 2.38.